The fraction of sp³-hybridized carbons (Fsp3) is 0.625. The van der Waals surface area contributed by atoms with Crippen LogP contribution in [0.15, 0.2) is 12.1 Å². The molecule has 1 fully saturated rings. The van der Waals surface area contributed by atoms with Crippen LogP contribution >= 0.6 is 0 Å². The van der Waals surface area contributed by atoms with E-state index in [1.54, 1.807) is 0 Å². The molecule has 0 aliphatic carbocycles. The Hall–Kier alpha value is -1.02. The lowest BCUT2D eigenvalue weighted by Gasteiger charge is -2.16. The molecule has 0 aromatic heterocycles. The predicted molar refractivity (Wildman–Crippen MR) is 74.3 cm³/mol. The molecule has 1 aromatic rings. The van der Waals surface area contributed by atoms with Crippen molar-refractivity contribution in [2.75, 3.05) is 6.61 Å². The van der Waals surface area contributed by atoms with E-state index in [0.29, 0.717) is 18.1 Å². The van der Waals surface area contributed by atoms with Gasteiger partial charge in [0.2, 0.25) is 0 Å². The van der Waals surface area contributed by atoms with Crippen LogP contribution in [0.2, 0.25) is 0 Å². The molecule has 2 rings (SSSR count). The van der Waals surface area contributed by atoms with Gasteiger partial charge in [-0.1, -0.05) is 6.92 Å². The van der Waals surface area contributed by atoms with E-state index < -0.39 is 0 Å². The molecule has 1 heterocycles. The first-order valence-corrected chi connectivity index (χ1v) is 6.91. The highest BCUT2D eigenvalue weighted by Gasteiger charge is 2.38. The summed E-state index contributed by atoms with van der Waals surface area (Å²) in [6.07, 6.45) is 2.00. The van der Waals surface area contributed by atoms with Gasteiger partial charge in [-0.3, -0.25) is 0 Å². The molecule has 1 saturated heterocycles. The average molecular weight is 248 g/mol. The maximum atomic E-state index is 5.58. The quantitative estimate of drug-likeness (QED) is 0.742. The van der Waals surface area contributed by atoms with Gasteiger partial charge in [0.05, 0.1) is 18.8 Å². The standard InChI is InChI=1S/C16H24O2/c1-6-17-14-7-10(2)15(11(3)8-14)9-12(4)16-13(5)18-16/h7-8,12-13,16H,6,9H2,1-5H3. The number of ether oxygens (including phenoxy) is 2. The summed E-state index contributed by atoms with van der Waals surface area (Å²) in [5, 5.41) is 0. The molecule has 1 aliphatic heterocycles. The molecule has 2 heteroatoms. The van der Waals surface area contributed by atoms with Crippen molar-refractivity contribution in [3.63, 3.8) is 0 Å². The molecular weight excluding hydrogens is 224 g/mol. The molecule has 100 valence electrons. The van der Waals surface area contributed by atoms with Gasteiger partial charge in [-0.25, -0.2) is 0 Å². The molecular formula is C16H24O2. The fourth-order valence-corrected chi connectivity index (χ4v) is 2.76. The summed E-state index contributed by atoms with van der Waals surface area (Å²) in [7, 11) is 0. The van der Waals surface area contributed by atoms with Crippen LogP contribution < -0.4 is 4.74 Å². The summed E-state index contributed by atoms with van der Waals surface area (Å²) in [5.41, 5.74) is 4.12. The zero-order chi connectivity index (χ0) is 13.3. The van der Waals surface area contributed by atoms with Crippen molar-refractivity contribution < 1.29 is 9.47 Å². The Labute approximate surface area is 110 Å². The van der Waals surface area contributed by atoms with E-state index in [1.165, 1.54) is 16.7 Å². The summed E-state index contributed by atoms with van der Waals surface area (Å²) in [6, 6.07) is 4.30. The zero-order valence-electron chi connectivity index (χ0n) is 12.1. The first kappa shape index (κ1) is 13.4. The molecule has 0 amide bonds. The van der Waals surface area contributed by atoms with Crippen LogP contribution in [0.4, 0.5) is 0 Å². The fourth-order valence-electron chi connectivity index (χ4n) is 2.76. The highest BCUT2D eigenvalue weighted by atomic mass is 16.6. The van der Waals surface area contributed by atoms with Gasteiger partial charge < -0.3 is 9.47 Å². The molecule has 0 N–H and O–H groups in total. The van der Waals surface area contributed by atoms with Gasteiger partial charge in [0.15, 0.2) is 0 Å². The van der Waals surface area contributed by atoms with Crippen molar-refractivity contribution >= 4 is 0 Å². The molecule has 18 heavy (non-hydrogen) atoms. The van der Waals surface area contributed by atoms with Crippen LogP contribution in [0.1, 0.15) is 37.5 Å². The first-order valence-electron chi connectivity index (χ1n) is 6.91. The van der Waals surface area contributed by atoms with Crippen LogP contribution in [-0.2, 0) is 11.2 Å². The summed E-state index contributed by atoms with van der Waals surface area (Å²) in [6.45, 7) is 11.5. The van der Waals surface area contributed by atoms with E-state index in [2.05, 4.69) is 39.8 Å². The van der Waals surface area contributed by atoms with Gasteiger partial charge >= 0.3 is 0 Å². The summed E-state index contributed by atoms with van der Waals surface area (Å²) in [4.78, 5) is 0. The summed E-state index contributed by atoms with van der Waals surface area (Å²) >= 11 is 0. The van der Waals surface area contributed by atoms with Crippen LogP contribution in [0.5, 0.6) is 5.75 Å². The Balaban J connectivity index is 2.12. The van der Waals surface area contributed by atoms with Crippen molar-refractivity contribution in [1.82, 2.24) is 0 Å². The Morgan fingerprint density at radius 3 is 2.28 bits per heavy atom. The maximum Gasteiger partial charge on any atom is 0.119 e. The van der Waals surface area contributed by atoms with Gasteiger partial charge in [-0.05, 0) is 68.9 Å². The molecule has 3 atom stereocenters. The molecule has 2 nitrogen and oxygen atoms in total. The minimum atomic E-state index is 0.448. The van der Waals surface area contributed by atoms with E-state index in [-0.39, 0.29) is 0 Å². The molecule has 0 saturated carbocycles. The third-order valence-electron chi connectivity index (χ3n) is 3.83. The third-order valence-corrected chi connectivity index (χ3v) is 3.83. The number of aryl methyl sites for hydroxylation is 2. The van der Waals surface area contributed by atoms with E-state index in [0.717, 1.165) is 18.8 Å². The van der Waals surface area contributed by atoms with E-state index >= 15 is 0 Å². The topological polar surface area (TPSA) is 21.8 Å². The second-order valence-corrected chi connectivity index (χ2v) is 5.46. The van der Waals surface area contributed by atoms with E-state index in [9.17, 15) is 0 Å². The van der Waals surface area contributed by atoms with Crippen molar-refractivity contribution in [2.45, 2.75) is 53.2 Å². The van der Waals surface area contributed by atoms with Crippen molar-refractivity contribution in [1.29, 1.82) is 0 Å². The monoisotopic (exact) mass is 248 g/mol. The molecule has 1 aliphatic rings. The molecule has 1 aromatic carbocycles. The average Bonchev–Trinajstić information content (AvgIpc) is 3.01. The normalized spacial score (nSPS) is 23.8. The lowest BCUT2D eigenvalue weighted by Crippen LogP contribution is -2.11. The van der Waals surface area contributed by atoms with Crippen LogP contribution in [0.3, 0.4) is 0 Å². The maximum absolute atomic E-state index is 5.58. The largest absolute Gasteiger partial charge is 0.494 e. The van der Waals surface area contributed by atoms with Gasteiger partial charge in [0.25, 0.3) is 0 Å². The summed E-state index contributed by atoms with van der Waals surface area (Å²) in [5.74, 6) is 1.58. The van der Waals surface area contributed by atoms with Gasteiger partial charge in [-0.2, -0.15) is 0 Å². The summed E-state index contributed by atoms with van der Waals surface area (Å²) < 4.78 is 11.1. The van der Waals surface area contributed by atoms with Crippen LogP contribution in [-0.4, -0.2) is 18.8 Å². The second kappa shape index (κ2) is 5.31. The lowest BCUT2D eigenvalue weighted by atomic mass is 9.91. The molecule has 0 spiro atoms. The second-order valence-electron chi connectivity index (χ2n) is 5.46. The van der Waals surface area contributed by atoms with Gasteiger partial charge in [-0.15, -0.1) is 0 Å². The number of hydrogen-bond donors (Lipinski definition) is 0. The minimum absolute atomic E-state index is 0.448. The zero-order valence-corrected chi connectivity index (χ0v) is 12.1. The van der Waals surface area contributed by atoms with Gasteiger partial charge in [0, 0.05) is 0 Å². The minimum Gasteiger partial charge on any atom is -0.494 e. The number of benzene rings is 1. The Morgan fingerprint density at radius 1 is 1.28 bits per heavy atom. The smallest absolute Gasteiger partial charge is 0.119 e. The van der Waals surface area contributed by atoms with Crippen molar-refractivity contribution in [3.8, 4) is 5.75 Å². The molecule has 0 bridgehead atoms. The number of hydrogen-bond acceptors (Lipinski definition) is 2. The highest BCUT2D eigenvalue weighted by molar-refractivity contribution is 5.41. The molecule has 0 radical (unpaired) electrons. The third kappa shape index (κ3) is 2.86. The van der Waals surface area contributed by atoms with Crippen LogP contribution in [0, 0.1) is 19.8 Å². The van der Waals surface area contributed by atoms with Crippen molar-refractivity contribution in [2.24, 2.45) is 5.92 Å². The Morgan fingerprint density at radius 2 is 1.83 bits per heavy atom. The van der Waals surface area contributed by atoms with Gasteiger partial charge in [0.1, 0.15) is 5.75 Å². The molecule has 3 unspecified atom stereocenters. The van der Waals surface area contributed by atoms with Crippen LogP contribution in [0.25, 0.3) is 0 Å². The number of rotatable bonds is 5. The number of epoxide rings is 1. The predicted octanol–water partition coefficient (Wildman–Crippen LogP) is 3.67. The Bertz CT molecular complexity index is 402. The first-order chi connectivity index (χ1) is 8.52. The highest BCUT2D eigenvalue weighted by Crippen LogP contribution is 2.33. The van der Waals surface area contributed by atoms with E-state index in [4.69, 9.17) is 9.47 Å². The lowest BCUT2D eigenvalue weighted by molar-refractivity contribution is 0.327. The van der Waals surface area contributed by atoms with Crippen molar-refractivity contribution in [3.05, 3.63) is 28.8 Å². The Kier molecular flexibility index (Phi) is 3.96. The van der Waals surface area contributed by atoms with E-state index in [1.807, 2.05) is 6.92 Å². The SMILES string of the molecule is CCOc1cc(C)c(CC(C)C2OC2C)c(C)c1.